The fourth-order valence-corrected chi connectivity index (χ4v) is 0.778. The highest BCUT2D eigenvalue weighted by Crippen LogP contribution is 2.11. The lowest BCUT2D eigenvalue weighted by Gasteiger charge is -2.15. The van der Waals surface area contributed by atoms with Crippen LogP contribution in [0.3, 0.4) is 0 Å². The number of alkyl halides is 2. The van der Waals surface area contributed by atoms with E-state index in [1.54, 1.807) is 0 Å². The molecule has 0 aliphatic rings. The third-order valence-corrected chi connectivity index (χ3v) is 1.39. The van der Waals surface area contributed by atoms with Gasteiger partial charge in [0, 0.05) is 6.61 Å². The molecule has 0 fully saturated rings. The van der Waals surface area contributed by atoms with Crippen molar-refractivity contribution in [1.82, 2.24) is 5.32 Å². The number of halogens is 2. The summed E-state index contributed by atoms with van der Waals surface area (Å²) >= 11 is 0. The fourth-order valence-electron chi connectivity index (χ4n) is 0.778. The largest absolute Gasteiger partial charge is 0.375 e. The predicted octanol–water partition coefficient (Wildman–Crippen LogP) is 1.66. The second-order valence-electron chi connectivity index (χ2n) is 2.79. The van der Waals surface area contributed by atoms with Crippen molar-refractivity contribution < 1.29 is 13.5 Å². The normalized spacial score (nSPS) is 12.0. The molecule has 0 radical (unpaired) electrons. The van der Waals surface area contributed by atoms with Crippen molar-refractivity contribution in [2.45, 2.75) is 25.7 Å². The van der Waals surface area contributed by atoms with Gasteiger partial charge in [-0.3, -0.25) is 0 Å². The van der Waals surface area contributed by atoms with Crippen molar-refractivity contribution in [2.75, 3.05) is 26.8 Å². The summed E-state index contributed by atoms with van der Waals surface area (Å²) in [5, 5.41) is 2.42. The van der Waals surface area contributed by atoms with Gasteiger partial charge < -0.3 is 10.1 Å². The van der Waals surface area contributed by atoms with Crippen molar-refractivity contribution in [3.05, 3.63) is 0 Å². The second kappa shape index (κ2) is 6.31. The van der Waals surface area contributed by atoms with Crippen LogP contribution in [0.4, 0.5) is 8.78 Å². The average molecular weight is 181 g/mol. The van der Waals surface area contributed by atoms with E-state index in [-0.39, 0.29) is 6.54 Å². The van der Waals surface area contributed by atoms with Gasteiger partial charge in [0.2, 0.25) is 0 Å². The molecule has 0 atom stereocenters. The highest BCUT2D eigenvalue weighted by atomic mass is 19.3. The van der Waals surface area contributed by atoms with Crippen LogP contribution in [0.25, 0.3) is 0 Å². The van der Waals surface area contributed by atoms with E-state index in [2.05, 4.69) is 5.32 Å². The topological polar surface area (TPSA) is 21.3 Å². The number of hydrogen-bond donors (Lipinski definition) is 1. The first-order valence-corrected chi connectivity index (χ1v) is 4.22. The minimum absolute atomic E-state index is 0.320. The molecule has 0 aliphatic carbocycles. The maximum Gasteiger partial charge on any atom is 0.283 e. The minimum atomic E-state index is -2.73. The van der Waals surface area contributed by atoms with Crippen molar-refractivity contribution in [1.29, 1.82) is 0 Å². The van der Waals surface area contributed by atoms with Crippen LogP contribution >= 0.6 is 0 Å². The van der Waals surface area contributed by atoms with Gasteiger partial charge in [-0.25, -0.2) is 8.78 Å². The molecule has 0 aromatic heterocycles. The third kappa shape index (κ3) is 6.49. The van der Waals surface area contributed by atoms with Crippen LogP contribution in [0.1, 0.15) is 19.8 Å². The maximum absolute atomic E-state index is 12.7. The Morgan fingerprint density at radius 1 is 1.42 bits per heavy atom. The molecule has 4 heteroatoms. The molecular weight excluding hydrogens is 164 g/mol. The molecule has 0 spiro atoms. The summed E-state index contributed by atoms with van der Waals surface area (Å²) in [6.45, 7) is 1.62. The Balaban J connectivity index is 3.33. The SMILES string of the molecule is CCCCOCC(F)(F)CNC. The van der Waals surface area contributed by atoms with Crippen LogP contribution in [-0.2, 0) is 4.74 Å². The smallest absolute Gasteiger partial charge is 0.283 e. The van der Waals surface area contributed by atoms with E-state index in [1.165, 1.54) is 7.05 Å². The summed E-state index contributed by atoms with van der Waals surface area (Å²) in [5.41, 5.74) is 0. The highest BCUT2D eigenvalue weighted by Gasteiger charge is 2.27. The molecular formula is C8H17F2NO. The lowest BCUT2D eigenvalue weighted by molar-refractivity contribution is -0.0739. The average Bonchev–Trinajstić information content (AvgIpc) is 1.98. The van der Waals surface area contributed by atoms with Gasteiger partial charge in [0.05, 0.1) is 6.54 Å². The van der Waals surface area contributed by atoms with Gasteiger partial charge in [0.15, 0.2) is 0 Å². The molecule has 12 heavy (non-hydrogen) atoms. The molecule has 0 saturated heterocycles. The number of hydrogen-bond acceptors (Lipinski definition) is 2. The van der Waals surface area contributed by atoms with Crippen LogP contribution in [0.2, 0.25) is 0 Å². The molecule has 2 nitrogen and oxygen atoms in total. The Hall–Kier alpha value is -0.220. The van der Waals surface area contributed by atoms with Crippen LogP contribution < -0.4 is 5.32 Å². The molecule has 0 heterocycles. The molecule has 0 aromatic carbocycles. The Morgan fingerprint density at radius 3 is 2.58 bits per heavy atom. The Bertz CT molecular complexity index is 109. The molecule has 0 aliphatic heterocycles. The molecule has 1 N–H and O–H groups in total. The van der Waals surface area contributed by atoms with Gasteiger partial charge in [0.25, 0.3) is 5.92 Å². The predicted molar refractivity (Wildman–Crippen MR) is 44.6 cm³/mol. The van der Waals surface area contributed by atoms with Crippen molar-refractivity contribution in [3.8, 4) is 0 Å². The zero-order chi connectivity index (χ0) is 9.45. The molecule has 0 saturated carbocycles. The second-order valence-corrected chi connectivity index (χ2v) is 2.79. The van der Waals surface area contributed by atoms with Gasteiger partial charge >= 0.3 is 0 Å². The van der Waals surface area contributed by atoms with E-state index >= 15 is 0 Å². The summed E-state index contributed by atoms with van der Waals surface area (Å²) in [6, 6.07) is 0. The maximum atomic E-state index is 12.7. The Morgan fingerprint density at radius 2 is 2.08 bits per heavy atom. The van der Waals surface area contributed by atoms with Crippen molar-refractivity contribution >= 4 is 0 Å². The molecule has 0 rings (SSSR count). The van der Waals surface area contributed by atoms with Crippen LogP contribution in [0.15, 0.2) is 0 Å². The summed E-state index contributed by atoms with van der Waals surface area (Å²) in [6.07, 6.45) is 1.81. The molecule has 0 unspecified atom stereocenters. The van der Waals surface area contributed by atoms with E-state index in [9.17, 15) is 8.78 Å². The number of nitrogens with one attached hydrogen (secondary N) is 1. The van der Waals surface area contributed by atoms with E-state index < -0.39 is 12.5 Å². The zero-order valence-corrected chi connectivity index (χ0v) is 7.70. The summed E-state index contributed by atoms with van der Waals surface area (Å²) in [7, 11) is 1.50. The van der Waals surface area contributed by atoms with E-state index in [4.69, 9.17) is 4.74 Å². The Labute approximate surface area is 72.3 Å². The summed E-state index contributed by atoms with van der Waals surface area (Å²) < 4.78 is 30.1. The van der Waals surface area contributed by atoms with Gasteiger partial charge in [-0.05, 0) is 13.5 Å². The molecule has 0 aromatic rings. The molecule has 0 amide bonds. The third-order valence-electron chi connectivity index (χ3n) is 1.39. The van der Waals surface area contributed by atoms with Crippen LogP contribution in [0.5, 0.6) is 0 Å². The van der Waals surface area contributed by atoms with Crippen molar-refractivity contribution in [3.63, 3.8) is 0 Å². The first-order valence-electron chi connectivity index (χ1n) is 4.22. The fraction of sp³-hybridized carbons (Fsp3) is 1.00. The first kappa shape index (κ1) is 11.8. The first-order chi connectivity index (χ1) is 5.62. The minimum Gasteiger partial charge on any atom is -0.375 e. The quantitative estimate of drug-likeness (QED) is 0.603. The van der Waals surface area contributed by atoms with Crippen LogP contribution in [-0.4, -0.2) is 32.7 Å². The van der Waals surface area contributed by atoms with Crippen molar-refractivity contribution in [2.24, 2.45) is 0 Å². The van der Waals surface area contributed by atoms with Gasteiger partial charge in [-0.1, -0.05) is 13.3 Å². The highest BCUT2D eigenvalue weighted by molar-refractivity contribution is 4.66. The molecule has 74 valence electrons. The Kier molecular flexibility index (Phi) is 6.20. The zero-order valence-electron chi connectivity index (χ0n) is 7.70. The molecule has 0 bridgehead atoms. The lowest BCUT2D eigenvalue weighted by Crippen LogP contribution is -2.35. The monoisotopic (exact) mass is 181 g/mol. The van der Waals surface area contributed by atoms with Gasteiger partial charge in [0.1, 0.15) is 6.61 Å². The number of unbranched alkanes of at least 4 members (excludes halogenated alkanes) is 1. The van der Waals surface area contributed by atoms with Gasteiger partial charge in [-0.2, -0.15) is 0 Å². The van der Waals surface area contributed by atoms with E-state index in [1.807, 2.05) is 6.92 Å². The lowest BCUT2D eigenvalue weighted by atomic mass is 10.3. The number of ether oxygens (including phenoxy) is 1. The van der Waals surface area contributed by atoms with E-state index in [0.717, 1.165) is 12.8 Å². The van der Waals surface area contributed by atoms with Gasteiger partial charge in [-0.15, -0.1) is 0 Å². The standard InChI is InChI=1S/C8H17F2NO/c1-3-4-5-12-7-8(9,10)6-11-2/h11H,3-7H2,1-2H3. The van der Waals surface area contributed by atoms with Crippen LogP contribution in [0, 0.1) is 0 Å². The van der Waals surface area contributed by atoms with E-state index in [0.29, 0.717) is 6.61 Å². The summed E-state index contributed by atoms with van der Waals surface area (Å²) in [5.74, 6) is -2.73. The summed E-state index contributed by atoms with van der Waals surface area (Å²) in [4.78, 5) is 0. The number of rotatable bonds is 7.